The van der Waals surface area contributed by atoms with Gasteiger partial charge in [0.1, 0.15) is 0 Å². The van der Waals surface area contributed by atoms with E-state index >= 15 is 0 Å². The maximum absolute atomic E-state index is 13.3. The third-order valence-corrected chi connectivity index (χ3v) is 9.66. The molecule has 0 aromatic heterocycles. The Labute approximate surface area is 223 Å². The number of nitrogens with zero attached hydrogens (tertiary/aromatic N) is 6. The van der Waals surface area contributed by atoms with Gasteiger partial charge in [-0.15, -0.1) is 5.10 Å². The third-order valence-electron chi connectivity index (χ3n) is 8.30. The SMILES string of the molecule is CN1CCC(N2CCN(C(=O)C3CCN(C4=NN5C=C(c6ccc(Cl)cc6)NC5S4)CC3)CC2)CC1. The summed E-state index contributed by atoms with van der Waals surface area (Å²) in [7, 11) is 2.21. The molecule has 5 aliphatic rings. The highest BCUT2D eigenvalue weighted by molar-refractivity contribution is 8.14. The maximum Gasteiger partial charge on any atom is 0.225 e. The topological polar surface area (TPSA) is 57.7 Å². The van der Waals surface area contributed by atoms with Gasteiger partial charge in [0.05, 0.1) is 11.9 Å². The molecule has 0 aliphatic carbocycles. The highest BCUT2D eigenvalue weighted by Gasteiger charge is 2.37. The van der Waals surface area contributed by atoms with Gasteiger partial charge in [0.25, 0.3) is 0 Å². The van der Waals surface area contributed by atoms with Crippen LogP contribution in [0.4, 0.5) is 0 Å². The largest absolute Gasteiger partial charge is 0.353 e. The van der Waals surface area contributed by atoms with Crippen LogP contribution in [-0.2, 0) is 4.79 Å². The summed E-state index contributed by atoms with van der Waals surface area (Å²) in [6, 6.07) is 8.56. The fourth-order valence-corrected chi connectivity index (χ4v) is 7.19. The van der Waals surface area contributed by atoms with E-state index in [2.05, 4.69) is 38.2 Å². The Balaban J connectivity index is 0.975. The number of carbonyl (C=O) groups is 1. The number of piperidine rings is 2. The number of halogens is 1. The van der Waals surface area contributed by atoms with Crippen molar-refractivity contribution in [3.8, 4) is 0 Å². The van der Waals surface area contributed by atoms with Crippen LogP contribution in [0.25, 0.3) is 5.70 Å². The van der Waals surface area contributed by atoms with Gasteiger partial charge < -0.3 is 20.0 Å². The summed E-state index contributed by atoms with van der Waals surface area (Å²) in [5.41, 5.74) is 2.26. The van der Waals surface area contributed by atoms with Gasteiger partial charge in [0.2, 0.25) is 5.91 Å². The predicted octanol–water partition coefficient (Wildman–Crippen LogP) is 2.80. The van der Waals surface area contributed by atoms with E-state index in [-0.39, 0.29) is 11.4 Å². The Morgan fingerprint density at radius 3 is 2.33 bits per heavy atom. The second kappa shape index (κ2) is 10.4. The minimum absolute atomic E-state index is 0.0888. The van der Waals surface area contributed by atoms with Crippen LogP contribution in [0.1, 0.15) is 31.2 Å². The van der Waals surface area contributed by atoms with Gasteiger partial charge in [-0.05, 0) is 75.3 Å². The average Bonchev–Trinajstić information content (AvgIpc) is 3.49. The normalized spacial score (nSPS) is 26.6. The molecule has 6 rings (SSSR count). The Bertz CT molecular complexity index is 1010. The Morgan fingerprint density at radius 1 is 0.972 bits per heavy atom. The summed E-state index contributed by atoms with van der Waals surface area (Å²) in [4.78, 5) is 22.8. The number of benzene rings is 1. The standard InChI is InChI=1S/C26H36ClN7OS/c1-30-10-8-22(9-11-30)31-14-16-32(17-15-31)24(35)20-6-12-33(13-7-20)26-29-34-18-23(28-25(34)36-26)19-2-4-21(27)5-3-19/h2-5,18,20,22,25,28H,6-17H2,1H3. The van der Waals surface area contributed by atoms with Gasteiger partial charge in [-0.2, -0.15) is 0 Å². The molecule has 194 valence electrons. The molecule has 0 spiro atoms. The van der Waals surface area contributed by atoms with Crippen LogP contribution in [0.15, 0.2) is 35.6 Å². The van der Waals surface area contributed by atoms with Crippen LogP contribution in [-0.4, -0.2) is 107 Å². The zero-order valence-corrected chi connectivity index (χ0v) is 22.6. The lowest BCUT2D eigenvalue weighted by molar-refractivity contribution is -0.139. The highest BCUT2D eigenvalue weighted by Crippen LogP contribution is 2.35. The molecule has 1 aromatic carbocycles. The lowest BCUT2D eigenvalue weighted by atomic mass is 9.95. The smallest absolute Gasteiger partial charge is 0.225 e. The van der Waals surface area contributed by atoms with Crippen LogP contribution in [0.5, 0.6) is 0 Å². The van der Waals surface area contributed by atoms with Crippen molar-refractivity contribution in [1.82, 2.24) is 29.9 Å². The first-order chi connectivity index (χ1) is 17.5. The molecule has 36 heavy (non-hydrogen) atoms. The van der Waals surface area contributed by atoms with Gasteiger partial charge in [-0.3, -0.25) is 9.69 Å². The van der Waals surface area contributed by atoms with Gasteiger partial charge in [-0.1, -0.05) is 23.7 Å². The molecule has 1 N–H and O–H groups in total. The zero-order chi connectivity index (χ0) is 24.6. The number of carbonyl (C=O) groups excluding carboxylic acids is 1. The predicted molar refractivity (Wildman–Crippen MR) is 146 cm³/mol. The molecule has 1 amide bonds. The number of likely N-dealkylation sites (tertiary alicyclic amines) is 2. The summed E-state index contributed by atoms with van der Waals surface area (Å²) >= 11 is 7.77. The monoisotopic (exact) mass is 529 g/mol. The second-order valence-electron chi connectivity index (χ2n) is 10.6. The molecule has 1 aromatic rings. The summed E-state index contributed by atoms with van der Waals surface area (Å²) < 4.78 is 0. The van der Waals surface area contributed by atoms with Crippen LogP contribution in [0.3, 0.4) is 0 Å². The number of hydrogen-bond donors (Lipinski definition) is 1. The molecule has 0 radical (unpaired) electrons. The molecule has 3 fully saturated rings. The van der Waals surface area contributed by atoms with Crippen LogP contribution in [0.2, 0.25) is 5.02 Å². The van der Waals surface area contributed by atoms with Gasteiger partial charge in [-0.25, -0.2) is 5.01 Å². The van der Waals surface area contributed by atoms with Gasteiger partial charge in [0, 0.05) is 56.3 Å². The minimum Gasteiger partial charge on any atom is -0.353 e. The van der Waals surface area contributed by atoms with E-state index in [0.29, 0.717) is 11.9 Å². The van der Waals surface area contributed by atoms with Crippen molar-refractivity contribution in [3.63, 3.8) is 0 Å². The third kappa shape index (κ3) is 5.08. The minimum atomic E-state index is 0.0888. The van der Waals surface area contributed by atoms with E-state index in [1.807, 2.05) is 29.3 Å². The molecule has 0 saturated carbocycles. The number of hydrazone groups is 1. The number of nitrogens with one attached hydrogen (secondary N) is 1. The van der Waals surface area contributed by atoms with E-state index in [1.165, 1.54) is 25.9 Å². The molecule has 1 atom stereocenters. The number of fused-ring (bicyclic) bond motifs is 1. The van der Waals surface area contributed by atoms with Crippen molar-refractivity contribution in [2.45, 2.75) is 37.2 Å². The Kier molecular flexibility index (Phi) is 7.07. The number of amidine groups is 1. The van der Waals surface area contributed by atoms with E-state index in [0.717, 1.165) is 73.6 Å². The lowest BCUT2D eigenvalue weighted by Gasteiger charge is -2.43. The number of piperazine rings is 1. The number of hydrogen-bond acceptors (Lipinski definition) is 8. The first-order valence-electron chi connectivity index (χ1n) is 13.3. The van der Waals surface area contributed by atoms with E-state index < -0.39 is 0 Å². The Hall–Kier alpha value is -1.94. The highest BCUT2D eigenvalue weighted by atomic mass is 35.5. The molecule has 8 nitrogen and oxygen atoms in total. The second-order valence-corrected chi connectivity index (χ2v) is 12.1. The van der Waals surface area contributed by atoms with Crippen molar-refractivity contribution in [3.05, 3.63) is 41.1 Å². The maximum atomic E-state index is 13.3. The first-order valence-corrected chi connectivity index (χ1v) is 14.5. The molecular formula is C26H36ClN7OS. The number of thioether (sulfide) groups is 1. The molecule has 10 heteroatoms. The molecule has 1 unspecified atom stereocenters. The molecule has 5 heterocycles. The molecule has 5 aliphatic heterocycles. The van der Waals surface area contributed by atoms with Gasteiger partial charge >= 0.3 is 0 Å². The van der Waals surface area contributed by atoms with Gasteiger partial charge in [0.15, 0.2) is 10.7 Å². The summed E-state index contributed by atoms with van der Waals surface area (Å²) in [5.74, 6) is 0.522. The van der Waals surface area contributed by atoms with Crippen molar-refractivity contribution < 1.29 is 4.79 Å². The molecule has 0 bridgehead atoms. The number of amides is 1. The fraction of sp³-hybridized carbons (Fsp3) is 0.615. The van der Waals surface area contributed by atoms with Crippen molar-refractivity contribution in [2.24, 2.45) is 11.0 Å². The van der Waals surface area contributed by atoms with Crippen molar-refractivity contribution >= 4 is 40.1 Å². The van der Waals surface area contributed by atoms with E-state index in [1.54, 1.807) is 11.8 Å². The van der Waals surface area contributed by atoms with Crippen LogP contribution in [0, 0.1) is 5.92 Å². The van der Waals surface area contributed by atoms with Crippen molar-refractivity contribution in [1.29, 1.82) is 0 Å². The molecular weight excluding hydrogens is 494 g/mol. The van der Waals surface area contributed by atoms with E-state index in [4.69, 9.17) is 16.7 Å². The summed E-state index contributed by atoms with van der Waals surface area (Å²) in [6.45, 7) is 8.01. The summed E-state index contributed by atoms with van der Waals surface area (Å²) in [6.07, 6.45) is 6.41. The Morgan fingerprint density at radius 2 is 1.67 bits per heavy atom. The average molecular weight is 530 g/mol. The first kappa shape index (κ1) is 24.4. The molecule has 3 saturated heterocycles. The van der Waals surface area contributed by atoms with Crippen LogP contribution < -0.4 is 5.32 Å². The van der Waals surface area contributed by atoms with Crippen LogP contribution >= 0.6 is 23.4 Å². The fourth-order valence-electron chi connectivity index (χ4n) is 5.99. The quantitative estimate of drug-likeness (QED) is 0.646. The summed E-state index contributed by atoms with van der Waals surface area (Å²) in [5, 5.41) is 12.2. The zero-order valence-electron chi connectivity index (χ0n) is 21.0. The van der Waals surface area contributed by atoms with Crippen molar-refractivity contribution in [2.75, 3.05) is 59.4 Å². The number of rotatable bonds is 3. The lowest BCUT2D eigenvalue weighted by Crippen LogP contribution is -2.55. The van der Waals surface area contributed by atoms with E-state index in [9.17, 15) is 4.79 Å².